The molecule has 0 bridgehead atoms. The number of rotatable bonds is 5. The minimum absolute atomic E-state index is 0.106. The second-order valence-corrected chi connectivity index (χ2v) is 8.96. The second-order valence-electron chi connectivity index (χ2n) is 8.96. The number of ketones is 1. The molecule has 0 saturated heterocycles. The Hall–Kier alpha value is -4.04. The van der Waals surface area contributed by atoms with E-state index >= 15 is 0 Å². The number of benzene rings is 5. The van der Waals surface area contributed by atoms with Crippen LogP contribution in [0.5, 0.6) is 0 Å². The maximum Gasteiger partial charge on any atom is 0.172 e. The van der Waals surface area contributed by atoms with E-state index in [1.165, 1.54) is 0 Å². The number of carbonyl (C=O) groups excluding carboxylic acids is 2. The summed E-state index contributed by atoms with van der Waals surface area (Å²) in [5.41, 5.74) is 3.96. The van der Waals surface area contributed by atoms with Gasteiger partial charge in [-0.2, -0.15) is 0 Å². The highest BCUT2D eigenvalue weighted by Crippen LogP contribution is 2.33. The first-order valence-electron chi connectivity index (χ1n) is 11.1. The first kappa shape index (κ1) is 20.8. The van der Waals surface area contributed by atoms with Crippen LogP contribution in [0.4, 0.5) is 0 Å². The van der Waals surface area contributed by atoms with Crippen molar-refractivity contribution in [1.29, 1.82) is 0 Å². The Labute approximate surface area is 193 Å². The number of aldehydes is 1. The van der Waals surface area contributed by atoms with Crippen molar-refractivity contribution in [3.05, 3.63) is 120 Å². The van der Waals surface area contributed by atoms with Gasteiger partial charge in [0.15, 0.2) is 12.1 Å². The lowest BCUT2D eigenvalue weighted by Gasteiger charge is -2.24. The van der Waals surface area contributed by atoms with Crippen molar-refractivity contribution >= 4 is 33.6 Å². The molecule has 160 valence electrons. The number of carbonyl (C=O) groups is 2. The standard InChI is InChI=1S/C31H24O2/c1-31(2,30(33)22-8-4-3-5-9-22)26-15-12-21(13-16-26)23-14-17-28-25(18-23)19-24-10-6-7-11-27(24)29(28)20-32/h3-20H,1-2H3. The quantitative estimate of drug-likeness (QED) is 0.164. The number of hydrogen-bond acceptors (Lipinski definition) is 2. The Morgan fingerprint density at radius 1 is 0.667 bits per heavy atom. The van der Waals surface area contributed by atoms with Gasteiger partial charge in [-0.3, -0.25) is 9.59 Å². The van der Waals surface area contributed by atoms with Gasteiger partial charge in [-0.05, 0) is 64.2 Å². The highest BCUT2D eigenvalue weighted by molar-refractivity contribution is 6.13. The SMILES string of the molecule is CC(C)(C(=O)c1ccccc1)c1ccc(-c2ccc3c(C=O)c4ccccc4cc3c2)cc1. The van der Waals surface area contributed by atoms with Crippen LogP contribution in [0.15, 0.2) is 103 Å². The Morgan fingerprint density at radius 3 is 2.03 bits per heavy atom. The van der Waals surface area contributed by atoms with Crippen molar-refractivity contribution in [2.24, 2.45) is 0 Å². The average molecular weight is 429 g/mol. The third-order valence-corrected chi connectivity index (χ3v) is 6.57. The number of Topliss-reactive ketones (excluding diaryl/α,β-unsaturated/α-hetero) is 1. The van der Waals surface area contributed by atoms with E-state index in [-0.39, 0.29) is 5.78 Å². The average Bonchev–Trinajstić information content (AvgIpc) is 2.87. The zero-order chi connectivity index (χ0) is 23.0. The molecule has 0 N–H and O–H groups in total. The normalized spacial score (nSPS) is 11.6. The summed E-state index contributed by atoms with van der Waals surface area (Å²) in [5, 5.41) is 4.03. The Kier molecular flexibility index (Phi) is 5.14. The van der Waals surface area contributed by atoms with E-state index in [1.807, 2.05) is 86.6 Å². The monoisotopic (exact) mass is 428 g/mol. The van der Waals surface area contributed by atoms with E-state index in [1.54, 1.807) is 0 Å². The van der Waals surface area contributed by atoms with Crippen molar-refractivity contribution in [3.63, 3.8) is 0 Å². The van der Waals surface area contributed by atoms with Crippen molar-refractivity contribution in [1.82, 2.24) is 0 Å². The van der Waals surface area contributed by atoms with E-state index in [9.17, 15) is 9.59 Å². The summed E-state index contributed by atoms with van der Waals surface area (Å²) in [6, 6.07) is 34.0. The molecule has 0 radical (unpaired) electrons. The molecular formula is C31H24O2. The van der Waals surface area contributed by atoms with E-state index in [4.69, 9.17) is 0 Å². The van der Waals surface area contributed by atoms with E-state index in [0.717, 1.165) is 55.6 Å². The van der Waals surface area contributed by atoms with Crippen LogP contribution in [-0.2, 0) is 5.41 Å². The molecule has 0 spiro atoms. The molecule has 2 heteroatoms. The molecule has 0 aliphatic carbocycles. The lowest BCUT2D eigenvalue weighted by molar-refractivity contribution is 0.0908. The maximum atomic E-state index is 13.1. The van der Waals surface area contributed by atoms with E-state index in [0.29, 0.717) is 0 Å². The van der Waals surface area contributed by atoms with Crippen LogP contribution in [-0.4, -0.2) is 12.1 Å². The molecule has 5 rings (SSSR count). The van der Waals surface area contributed by atoms with Gasteiger partial charge in [0, 0.05) is 11.1 Å². The van der Waals surface area contributed by atoms with Crippen LogP contribution < -0.4 is 0 Å². The highest BCUT2D eigenvalue weighted by Gasteiger charge is 2.30. The molecule has 5 aromatic carbocycles. The summed E-state index contributed by atoms with van der Waals surface area (Å²) in [7, 11) is 0. The predicted molar refractivity (Wildman–Crippen MR) is 136 cm³/mol. The molecule has 0 aliphatic heterocycles. The molecule has 0 unspecified atom stereocenters. The first-order valence-corrected chi connectivity index (χ1v) is 11.1. The van der Waals surface area contributed by atoms with Crippen LogP contribution >= 0.6 is 0 Å². The van der Waals surface area contributed by atoms with Crippen LogP contribution in [0.25, 0.3) is 32.7 Å². The highest BCUT2D eigenvalue weighted by atomic mass is 16.1. The molecule has 0 saturated carbocycles. The zero-order valence-electron chi connectivity index (χ0n) is 18.7. The molecule has 0 heterocycles. The predicted octanol–water partition coefficient (Wildman–Crippen LogP) is 7.63. The first-order chi connectivity index (χ1) is 16.0. The van der Waals surface area contributed by atoms with E-state index in [2.05, 4.69) is 30.3 Å². The molecule has 33 heavy (non-hydrogen) atoms. The van der Waals surface area contributed by atoms with Gasteiger partial charge in [0.05, 0.1) is 5.41 Å². The minimum Gasteiger partial charge on any atom is -0.298 e. The van der Waals surface area contributed by atoms with Crippen molar-refractivity contribution in [3.8, 4) is 11.1 Å². The maximum absolute atomic E-state index is 13.1. The zero-order valence-corrected chi connectivity index (χ0v) is 18.7. The van der Waals surface area contributed by atoms with Crippen LogP contribution in [0.2, 0.25) is 0 Å². The molecule has 0 atom stereocenters. The third-order valence-electron chi connectivity index (χ3n) is 6.57. The van der Waals surface area contributed by atoms with Gasteiger partial charge in [-0.15, -0.1) is 0 Å². The lowest BCUT2D eigenvalue weighted by Crippen LogP contribution is -2.29. The summed E-state index contributed by atoms with van der Waals surface area (Å²) in [4.78, 5) is 25.0. The van der Waals surface area contributed by atoms with Crippen molar-refractivity contribution < 1.29 is 9.59 Å². The van der Waals surface area contributed by atoms with Crippen LogP contribution in [0, 0.1) is 0 Å². The smallest absolute Gasteiger partial charge is 0.172 e. The van der Waals surface area contributed by atoms with Crippen molar-refractivity contribution in [2.45, 2.75) is 19.3 Å². The molecular weight excluding hydrogens is 404 g/mol. The molecule has 0 aromatic heterocycles. The van der Waals surface area contributed by atoms with Gasteiger partial charge in [-0.1, -0.05) is 91.0 Å². The summed E-state index contributed by atoms with van der Waals surface area (Å²) >= 11 is 0. The van der Waals surface area contributed by atoms with E-state index < -0.39 is 5.41 Å². The summed E-state index contributed by atoms with van der Waals surface area (Å²) < 4.78 is 0. The van der Waals surface area contributed by atoms with Crippen LogP contribution in [0.1, 0.15) is 40.1 Å². The fraction of sp³-hybridized carbons (Fsp3) is 0.0968. The summed E-state index contributed by atoms with van der Waals surface area (Å²) in [5.74, 6) is 0.106. The molecule has 0 aliphatic rings. The van der Waals surface area contributed by atoms with Crippen molar-refractivity contribution in [2.75, 3.05) is 0 Å². The van der Waals surface area contributed by atoms with Gasteiger partial charge in [-0.25, -0.2) is 0 Å². The fourth-order valence-corrected chi connectivity index (χ4v) is 4.58. The molecule has 0 fully saturated rings. The van der Waals surface area contributed by atoms with Gasteiger partial charge < -0.3 is 0 Å². The Bertz CT molecular complexity index is 1490. The van der Waals surface area contributed by atoms with Gasteiger partial charge >= 0.3 is 0 Å². The Balaban J connectivity index is 1.52. The van der Waals surface area contributed by atoms with Gasteiger partial charge in [0.25, 0.3) is 0 Å². The number of fused-ring (bicyclic) bond motifs is 2. The fourth-order valence-electron chi connectivity index (χ4n) is 4.58. The molecule has 2 nitrogen and oxygen atoms in total. The lowest BCUT2D eigenvalue weighted by atomic mass is 9.77. The largest absolute Gasteiger partial charge is 0.298 e. The number of hydrogen-bond donors (Lipinski definition) is 0. The van der Waals surface area contributed by atoms with Crippen LogP contribution in [0.3, 0.4) is 0 Å². The molecule has 0 amide bonds. The van der Waals surface area contributed by atoms with Gasteiger partial charge in [0.1, 0.15) is 0 Å². The molecule has 5 aromatic rings. The second kappa shape index (κ2) is 8.14. The topological polar surface area (TPSA) is 34.1 Å². The summed E-state index contributed by atoms with van der Waals surface area (Å²) in [6.45, 7) is 3.94. The minimum atomic E-state index is -0.624. The Morgan fingerprint density at radius 2 is 1.30 bits per heavy atom. The summed E-state index contributed by atoms with van der Waals surface area (Å²) in [6.07, 6.45) is 0.949. The van der Waals surface area contributed by atoms with Gasteiger partial charge in [0.2, 0.25) is 0 Å². The third kappa shape index (κ3) is 3.64.